The molecule has 0 aromatic heterocycles. The molecule has 0 spiro atoms. The van der Waals surface area contributed by atoms with Gasteiger partial charge in [-0.05, 0) is 56.5 Å². The highest BCUT2D eigenvalue weighted by molar-refractivity contribution is 5.83. The maximum absolute atomic E-state index is 13.2. The van der Waals surface area contributed by atoms with Crippen LogP contribution < -0.4 is 5.32 Å². The summed E-state index contributed by atoms with van der Waals surface area (Å²) in [7, 11) is 1.72. The Morgan fingerprint density at radius 1 is 1.23 bits per heavy atom. The highest BCUT2D eigenvalue weighted by Crippen LogP contribution is 2.37. The Balaban J connectivity index is 2.04. The molecule has 2 saturated heterocycles. The van der Waals surface area contributed by atoms with E-state index in [4.69, 9.17) is 4.74 Å². The van der Waals surface area contributed by atoms with Gasteiger partial charge in [-0.2, -0.15) is 0 Å². The van der Waals surface area contributed by atoms with Crippen LogP contribution in [0.4, 0.5) is 0 Å². The van der Waals surface area contributed by atoms with Crippen LogP contribution in [0.3, 0.4) is 0 Å². The molecule has 2 heterocycles. The molecule has 0 aliphatic carbocycles. The fraction of sp³-hybridized carbons (Fsp3) is 0.944. The molecule has 4 heteroatoms. The van der Waals surface area contributed by atoms with Crippen molar-refractivity contribution in [2.45, 2.75) is 52.9 Å². The Morgan fingerprint density at radius 3 is 2.50 bits per heavy atom. The largest absolute Gasteiger partial charge is 0.384 e. The Bertz CT molecular complexity index is 364. The van der Waals surface area contributed by atoms with Gasteiger partial charge in [-0.15, -0.1) is 0 Å². The zero-order valence-electron chi connectivity index (χ0n) is 14.9. The van der Waals surface area contributed by atoms with Crippen molar-refractivity contribution in [3.05, 3.63) is 0 Å². The molecule has 2 fully saturated rings. The molecule has 1 amide bonds. The molecule has 1 atom stereocenters. The Kier molecular flexibility index (Phi) is 5.89. The van der Waals surface area contributed by atoms with Gasteiger partial charge >= 0.3 is 0 Å². The number of carbonyl (C=O) groups excluding carboxylic acids is 1. The van der Waals surface area contributed by atoms with Gasteiger partial charge < -0.3 is 15.0 Å². The van der Waals surface area contributed by atoms with Crippen molar-refractivity contribution in [3.63, 3.8) is 0 Å². The van der Waals surface area contributed by atoms with Crippen LogP contribution in [-0.2, 0) is 9.53 Å². The van der Waals surface area contributed by atoms with E-state index in [9.17, 15) is 4.79 Å². The Hall–Kier alpha value is -0.610. The fourth-order valence-corrected chi connectivity index (χ4v) is 4.10. The Morgan fingerprint density at radius 2 is 1.91 bits per heavy atom. The number of methoxy groups -OCH3 is 1. The van der Waals surface area contributed by atoms with Gasteiger partial charge in [0.15, 0.2) is 0 Å². The molecule has 0 bridgehead atoms. The van der Waals surface area contributed by atoms with E-state index in [0.717, 1.165) is 57.8 Å². The number of likely N-dealkylation sites (tertiary alicyclic amines) is 1. The van der Waals surface area contributed by atoms with Gasteiger partial charge in [-0.1, -0.05) is 20.8 Å². The monoisotopic (exact) mass is 310 g/mol. The smallest absolute Gasteiger partial charge is 0.231 e. The zero-order valence-corrected chi connectivity index (χ0v) is 14.9. The van der Waals surface area contributed by atoms with Gasteiger partial charge in [-0.25, -0.2) is 0 Å². The number of ether oxygens (including phenoxy) is 1. The van der Waals surface area contributed by atoms with Gasteiger partial charge in [0.25, 0.3) is 0 Å². The number of carbonyl (C=O) groups is 1. The first-order valence-corrected chi connectivity index (χ1v) is 8.88. The number of hydrogen-bond donors (Lipinski definition) is 1. The van der Waals surface area contributed by atoms with Crippen LogP contribution >= 0.6 is 0 Å². The minimum absolute atomic E-state index is 0.290. The zero-order chi connectivity index (χ0) is 16.2. The predicted octanol–water partition coefficient (Wildman–Crippen LogP) is 2.68. The molecule has 0 aromatic carbocycles. The second-order valence-corrected chi connectivity index (χ2v) is 8.25. The van der Waals surface area contributed by atoms with E-state index in [1.807, 2.05) is 0 Å². The van der Waals surface area contributed by atoms with Crippen LogP contribution in [0.2, 0.25) is 0 Å². The molecule has 1 unspecified atom stereocenters. The maximum Gasteiger partial charge on any atom is 0.231 e. The SMILES string of the molecule is COCC1(C(=O)N2CCCC(C(C)(C)C)CC2)CCNCC1. The molecule has 0 aromatic rings. The normalized spacial score (nSPS) is 26.5. The van der Waals surface area contributed by atoms with Gasteiger partial charge in [0.1, 0.15) is 0 Å². The van der Waals surface area contributed by atoms with Crippen molar-refractivity contribution >= 4 is 5.91 Å². The summed E-state index contributed by atoms with van der Waals surface area (Å²) in [5, 5.41) is 3.37. The first-order valence-electron chi connectivity index (χ1n) is 8.88. The van der Waals surface area contributed by atoms with E-state index in [-0.39, 0.29) is 5.41 Å². The number of piperidine rings is 1. The second kappa shape index (κ2) is 7.31. The lowest BCUT2D eigenvalue weighted by molar-refractivity contribution is -0.147. The van der Waals surface area contributed by atoms with Gasteiger partial charge in [0.2, 0.25) is 5.91 Å². The number of nitrogens with one attached hydrogen (secondary N) is 1. The average molecular weight is 310 g/mol. The summed E-state index contributed by atoms with van der Waals surface area (Å²) in [5.74, 6) is 1.06. The third-order valence-corrected chi connectivity index (χ3v) is 5.68. The number of nitrogens with zero attached hydrogens (tertiary/aromatic N) is 1. The summed E-state index contributed by atoms with van der Waals surface area (Å²) in [6.07, 6.45) is 5.31. The van der Waals surface area contributed by atoms with Gasteiger partial charge in [0.05, 0.1) is 12.0 Å². The quantitative estimate of drug-likeness (QED) is 0.871. The second-order valence-electron chi connectivity index (χ2n) is 8.25. The molecule has 2 rings (SSSR count). The topological polar surface area (TPSA) is 41.6 Å². The first kappa shape index (κ1) is 17.7. The molecule has 1 N–H and O–H groups in total. The van der Waals surface area contributed by atoms with E-state index >= 15 is 0 Å². The van der Waals surface area contributed by atoms with Gasteiger partial charge in [0, 0.05) is 20.2 Å². The van der Waals surface area contributed by atoms with Crippen LogP contribution in [0, 0.1) is 16.7 Å². The molecule has 128 valence electrons. The molecule has 0 radical (unpaired) electrons. The predicted molar refractivity (Wildman–Crippen MR) is 89.8 cm³/mol. The molecular weight excluding hydrogens is 276 g/mol. The average Bonchev–Trinajstić information content (AvgIpc) is 2.73. The van der Waals surface area contributed by atoms with E-state index < -0.39 is 0 Å². The molecule has 2 aliphatic rings. The molecular formula is C18H34N2O2. The minimum atomic E-state index is -0.290. The van der Waals surface area contributed by atoms with Crippen molar-refractivity contribution in [2.24, 2.45) is 16.7 Å². The third-order valence-electron chi connectivity index (χ3n) is 5.68. The summed E-state index contributed by atoms with van der Waals surface area (Å²) < 4.78 is 5.43. The van der Waals surface area contributed by atoms with Crippen LogP contribution in [0.25, 0.3) is 0 Å². The lowest BCUT2D eigenvalue weighted by Crippen LogP contribution is -2.51. The van der Waals surface area contributed by atoms with E-state index in [1.54, 1.807) is 7.11 Å². The fourth-order valence-electron chi connectivity index (χ4n) is 4.10. The summed E-state index contributed by atoms with van der Waals surface area (Å²) in [6, 6.07) is 0. The summed E-state index contributed by atoms with van der Waals surface area (Å²) in [6.45, 7) is 11.2. The summed E-state index contributed by atoms with van der Waals surface area (Å²) in [5.41, 5.74) is 0.0552. The van der Waals surface area contributed by atoms with E-state index in [2.05, 4.69) is 31.0 Å². The van der Waals surface area contributed by atoms with Crippen LogP contribution in [-0.4, -0.2) is 50.7 Å². The van der Waals surface area contributed by atoms with Crippen LogP contribution in [0.5, 0.6) is 0 Å². The lowest BCUT2D eigenvalue weighted by Gasteiger charge is -2.39. The molecule has 4 nitrogen and oxygen atoms in total. The highest BCUT2D eigenvalue weighted by Gasteiger charge is 2.42. The lowest BCUT2D eigenvalue weighted by atomic mass is 9.76. The van der Waals surface area contributed by atoms with E-state index in [0.29, 0.717) is 17.9 Å². The standard InChI is InChI=1S/C18H34N2O2/c1-17(2,3)15-6-5-12-20(13-7-15)16(21)18(14-22-4)8-10-19-11-9-18/h15,19H,5-14H2,1-4H3. The molecule has 0 saturated carbocycles. The van der Waals surface area contributed by atoms with Crippen LogP contribution in [0.15, 0.2) is 0 Å². The van der Waals surface area contributed by atoms with Gasteiger partial charge in [-0.3, -0.25) is 4.79 Å². The molecule has 22 heavy (non-hydrogen) atoms. The number of rotatable bonds is 3. The Labute approximate surface area is 136 Å². The third kappa shape index (κ3) is 4.02. The van der Waals surface area contributed by atoms with Crippen molar-refractivity contribution in [2.75, 3.05) is 39.9 Å². The number of hydrogen-bond acceptors (Lipinski definition) is 3. The van der Waals surface area contributed by atoms with E-state index in [1.165, 1.54) is 6.42 Å². The highest BCUT2D eigenvalue weighted by atomic mass is 16.5. The summed E-state index contributed by atoms with van der Waals surface area (Å²) >= 11 is 0. The molecule has 2 aliphatic heterocycles. The maximum atomic E-state index is 13.2. The van der Waals surface area contributed by atoms with Crippen molar-refractivity contribution in [1.29, 1.82) is 0 Å². The van der Waals surface area contributed by atoms with Crippen molar-refractivity contribution in [3.8, 4) is 0 Å². The first-order chi connectivity index (χ1) is 10.4. The van der Waals surface area contributed by atoms with Crippen molar-refractivity contribution < 1.29 is 9.53 Å². The summed E-state index contributed by atoms with van der Waals surface area (Å²) in [4.78, 5) is 15.3. The van der Waals surface area contributed by atoms with Crippen molar-refractivity contribution in [1.82, 2.24) is 10.2 Å². The number of amides is 1. The minimum Gasteiger partial charge on any atom is -0.384 e. The van der Waals surface area contributed by atoms with Crippen LogP contribution in [0.1, 0.15) is 52.9 Å².